The van der Waals surface area contributed by atoms with Crippen LogP contribution in [0, 0.1) is 5.92 Å². The average Bonchev–Trinajstić information content (AvgIpc) is 2.46. The number of rotatable bonds is 4. The molecule has 0 bridgehead atoms. The summed E-state index contributed by atoms with van der Waals surface area (Å²) < 4.78 is 0. The Morgan fingerprint density at radius 3 is 2.44 bits per heavy atom. The summed E-state index contributed by atoms with van der Waals surface area (Å²) in [6, 6.07) is 6.89. The Labute approximate surface area is 117 Å². The first kappa shape index (κ1) is 13.9. The van der Waals surface area contributed by atoms with Crippen molar-refractivity contribution in [2.24, 2.45) is 5.92 Å². The molecule has 0 spiro atoms. The second-order valence-electron chi connectivity index (χ2n) is 5.54. The number of aryl methyl sites for hydroxylation is 2. The van der Waals surface area contributed by atoms with Gasteiger partial charge in [0.25, 0.3) is 0 Å². The Bertz CT molecular complexity index is 377. The summed E-state index contributed by atoms with van der Waals surface area (Å²) in [7, 11) is 0. The monoisotopic (exact) mass is 264 g/mol. The van der Waals surface area contributed by atoms with E-state index in [2.05, 4.69) is 32.0 Å². The minimum Gasteiger partial charge on any atom is -0.118 e. The van der Waals surface area contributed by atoms with Gasteiger partial charge in [0.05, 0.1) is 5.38 Å². The van der Waals surface area contributed by atoms with Crippen molar-refractivity contribution >= 4 is 11.6 Å². The lowest BCUT2D eigenvalue weighted by atomic mass is 9.82. The van der Waals surface area contributed by atoms with E-state index in [4.69, 9.17) is 11.6 Å². The van der Waals surface area contributed by atoms with Gasteiger partial charge in [-0.15, -0.1) is 11.6 Å². The minimum atomic E-state index is 0.228. The van der Waals surface area contributed by atoms with Gasteiger partial charge >= 0.3 is 0 Å². The first-order valence-corrected chi connectivity index (χ1v) is 7.95. The van der Waals surface area contributed by atoms with E-state index < -0.39 is 0 Å². The number of alkyl halides is 1. The number of halogens is 1. The molecule has 0 saturated heterocycles. The average molecular weight is 265 g/mol. The van der Waals surface area contributed by atoms with Crippen LogP contribution >= 0.6 is 11.6 Å². The Kier molecular flexibility index (Phi) is 5.12. The fourth-order valence-corrected chi connectivity index (χ4v) is 3.58. The van der Waals surface area contributed by atoms with Gasteiger partial charge in [-0.3, -0.25) is 0 Å². The second-order valence-corrected chi connectivity index (χ2v) is 6.01. The van der Waals surface area contributed by atoms with Crippen molar-refractivity contribution in [2.45, 2.75) is 64.2 Å². The molecule has 1 aromatic rings. The van der Waals surface area contributed by atoms with Gasteiger partial charge in [0, 0.05) is 0 Å². The predicted molar refractivity (Wildman–Crippen MR) is 80.4 cm³/mol. The van der Waals surface area contributed by atoms with Crippen LogP contribution in [-0.2, 0) is 12.8 Å². The first-order chi connectivity index (χ1) is 8.76. The van der Waals surface area contributed by atoms with Gasteiger partial charge in [-0.25, -0.2) is 0 Å². The number of benzene rings is 1. The summed E-state index contributed by atoms with van der Waals surface area (Å²) in [4.78, 5) is 0. The highest BCUT2D eigenvalue weighted by Gasteiger charge is 2.24. The van der Waals surface area contributed by atoms with Crippen molar-refractivity contribution in [1.29, 1.82) is 0 Å². The highest BCUT2D eigenvalue weighted by atomic mass is 35.5. The normalized spacial score (nSPS) is 18.8. The lowest BCUT2D eigenvalue weighted by molar-refractivity contribution is 0.348. The van der Waals surface area contributed by atoms with Crippen LogP contribution in [0.25, 0.3) is 0 Å². The van der Waals surface area contributed by atoms with E-state index in [-0.39, 0.29) is 5.38 Å². The molecule has 1 unspecified atom stereocenters. The summed E-state index contributed by atoms with van der Waals surface area (Å²) in [5.74, 6) is 0.692. The molecule has 1 aliphatic rings. The summed E-state index contributed by atoms with van der Waals surface area (Å²) in [5, 5.41) is 0.228. The van der Waals surface area contributed by atoms with E-state index in [0.717, 1.165) is 12.8 Å². The molecule has 0 radical (unpaired) electrons. The van der Waals surface area contributed by atoms with E-state index in [1.54, 1.807) is 0 Å². The molecule has 0 nitrogen and oxygen atoms in total. The van der Waals surface area contributed by atoms with Crippen molar-refractivity contribution in [3.05, 3.63) is 34.9 Å². The molecule has 0 heterocycles. The predicted octanol–water partition coefficient (Wildman–Crippen LogP) is 5.67. The fourth-order valence-electron chi connectivity index (χ4n) is 3.12. The van der Waals surface area contributed by atoms with Crippen LogP contribution in [-0.4, -0.2) is 0 Å². The molecule has 1 aromatic carbocycles. The molecule has 1 aliphatic carbocycles. The maximum atomic E-state index is 6.80. The third kappa shape index (κ3) is 3.09. The quantitative estimate of drug-likeness (QED) is 0.615. The molecule has 1 fully saturated rings. The van der Waals surface area contributed by atoms with Crippen LogP contribution < -0.4 is 0 Å². The first-order valence-electron chi connectivity index (χ1n) is 7.52. The van der Waals surface area contributed by atoms with Crippen LogP contribution in [0.2, 0.25) is 0 Å². The van der Waals surface area contributed by atoms with Gasteiger partial charge in [-0.05, 0) is 48.3 Å². The molecule has 1 atom stereocenters. The maximum Gasteiger partial charge on any atom is 0.0616 e. The molecule has 0 N–H and O–H groups in total. The molecule has 1 saturated carbocycles. The zero-order valence-electron chi connectivity index (χ0n) is 11.7. The molecular weight excluding hydrogens is 240 g/mol. The highest BCUT2D eigenvalue weighted by molar-refractivity contribution is 6.21. The lowest BCUT2D eigenvalue weighted by Gasteiger charge is -2.28. The van der Waals surface area contributed by atoms with Gasteiger partial charge in [-0.2, -0.15) is 0 Å². The zero-order valence-corrected chi connectivity index (χ0v) is 12.5. The topological polar surface area (TPSA) is 0 Å². The Morgan fingerprint density at radius 2 is 1.83 bits per heavy atom. The van der Waals surface area contributed by atoms with E-state index in [1.807, 2.05) is 0 Å². The van der Waals surface area contributed by atoms with Crippen LogP contribution in [0.15, 0.2) is 18.2 Å². The molecule has 0 aromatic heterocycles. The van der Waals surface area contributed by atoms with Crippen molar-refractivity contribution in [3.8, 4) is 0 Å². The van der Waals surface area contributed by atoms with Gasteiger partial charge in [-0.1, -0.05) is 51.3 Å². The van der Waals surface area contributed by atoms with Gasteiger partial charge in [0.1, 0.15) is 0 Å². The van der Waals surface area contributed by atoms with Gasteiger partial charge in [0.2, 0.25) is 0 Å². The standard InChI is InChI=1S/C17H25Cl/c1-3-13-10-11-14(4-2)16(12-13)17(18)15-8-6-5-7-9-15/h10-12,15,17H,3-9H2,1-2H3. The van der Waals surface area contributed by atoms with Crippen molar-refractivity contribution in [1.82, 2.24) is 0 Å². The van der Waals surface area contributed by atoms with Crippen LogP contribution in [0.5, 0.6) is 0 Å². The molecule has 18 heavy (non-hydrogen) atoms. The highest BCUT2D eigenvalue weighted by Crippen LogP contribution is 2.40. The summed E-state index contributed by atoms with van der Waals surface area (Å²) in [5.41, 5.74) is 4.27. The van der Waals surface area contributed by atoms with Crippen LogP contribution in [0.4, 0.5) is 0 Å². The van der Waals surface area contributed by atoms with Crippen molar-refractivity contribution in [3.63, 3.8) is 0 Å². The molecule has 0 amide bonds. The SMILES string of the molecule is CCc1ccc(CC)c(C(Cl)C2CCCCC2)c1. The number of hydrogen-bond acceptors (Lipinski definition) is 0. The summed E-state index contributed by atoms with van der Waals surface area (Å²) in [6.45, 7) is 4.45. The van der Waals surface area contributed by atoms with Crippen molar-refractivity contribution in [2.75, 3.05) is 0 Å². The van der Waals surface area contributed by atoms with E-state index in [1.165, 1.54) is 48.8 Å². The zero-order chi connectivity index (χ0) is 13.0. The lowest BCUT2D eigenvalue weighted by Crippen LogP contribution is -2.13. The van der Waals surface area contributed by atoms with E-state index in [0.29, 0.717) is 5.92 Å². The largest absolute Gasteiger partial charge is 0.118 e. The second kappa shape index (κ2) is 6.61. The Balaban J connectivity index is 2.23. The van der Waals surface area contributed by atoms with Crippen LogP contribution in [0.1, 0.15) is 68.0 Å². The summed E-state index contributed by atoms with van der Waals surface area (Å²) in [6.07, 6.45) is 8.95. The fraction of sp³-hybridized carbons (Fsp3) is 0.647. The van der Waals surface area contributed by atoms with E-state index >= 15 is 0 Å². The van der Waals surface area contributed by atoms with Crippen molar-refractivity contribution < 1.29 is 0 Å². The summed E-state index contributed by atoms with van der Waals surface area (Å²) >= 11 is 6.80. The molecule has 2 rings (SSSR count). The molecule has 100 valence electrons. The van der Waals surface area contributed by atoms with E-state index in [9.17, 15) is 0 Å². The van der Waals surface area contributed by atoms with Gasteiger partial charge in [0.15, 0.2) is 0 Å². The van der Waals surface area contributed by atoms with Gasteiger partial charge < -0.3 is 0 Å². The smallest absolute Gasteiger partial charge is 0.0616 e. The molecule has 0 aliphatic heterocycles. The molecule has 1 heteroatoms. The Morgan fingerprint density at radius 1 is 1.11 bits per heavy atom. The Hall–Kier alpha value is -0.490. The van der Waals surface area contributed by atoms with Crippen LogP contribution in [0.3, 0.4) is 0 Å². The third-order valence-electron chi connectivity index (χ3n) is 4.36. The molecular formula is C17H25Cl. The third-order valence-corrected chi connectivity index (χ3v) is 4.95. The maximum absolute atomic E-state index is 6.80. The number of hydrogen-bond donors (Lipinski definition) is 0. The minimum absolute atomic E-state index is 0.228.